The summed E-state index contributed by atoms with van der Waals surface area (Å²) in [4.78, 5) is 3.84. The van der Waals surface area contributed by atoms with Crippen molar-refractivity contribution in [2.75, 3.05) is 26.2 Å². The molecule has 0 amide bonds. The molecule has 1 rings (SSSR count). The monoisotopic (exact) mass is 304 g/mol. The van der Waals surface area contributed by atoms with Gasteiger partial charge in [0, 0.05) is 24.5 Å². The van der Waals surface area contributed by atoms with Crippen molar-refractivity contribution in [2.45, 2.75) is 27.3 Å². The number of likely N-dealkylation sites (N-methyl/N-ethyl adjacent to an activating group) is 1. The van der Waals surface area contributed by atoms with E-state index in [1.807, 2.05) is 11.3 Å². The van der Waals surface area contributed by atoms with E-state index in [0.717, 1.165) is 32.7 Å². The molecule has 1 aromatic rings. The van der Waals surface area contributed by atoms with Gasteiger partial charge in [0.25, 0.3) is 0 Å². The molecule has 1 N–H and O–H groups in total. The molecule has 0 unspecified atom stereocenters. The van der Waals surface area contributed by atoms with Crippen molar-refractivity contribution >= 4 is 27.3 Å². The molecule has 4 heteroatoms. The molecule has 0 saturated carbocycles. The van der Waals surface area contributed by atoms with Gasteiger partial charge in [-0.15, -0.1) is 11.3 Å². The van der Waals surface area contributed by atoms with Crippen LogP contribution in [0.4, 0.5) is 0 Å². The summed E-state index contributed by atoms with van der Waals surface area (Å²) in [5.74, 6) is 0. The topological polar surface area (TPSA) is 15.3 Å². The summed E-state index contributed by atoms with van der Waals surface area (Å²) in [6.45, 7) is 12.0. The van der Waals surface area contributed by atoms with Gasteiger partial charge in [-0.25, -0.2) is 0 Å². The maximum Gasteiger partial charge on any atom is 0.0730 e. The number of nitrogens with one attached hydrogen (secondary N) is 1. The Morgan fingerprint density at radius 1 is 1.38 bits per heavy atom. The quantitative estimate of drug-likeness (QED) is 0.778. The highest BCUT2D eigenvalue weighted by molar-refractivity contribution is 9.11. The van der Waals surface area contributed by atoms with Gasteiger partial charge in [0.1, 0.15) is 0 Å². The number of thiophene rings is 1. The lowest BCUT2D eigenvalue weighted by Crippen LogP contribution is -2.31. The summed E-state index contributed by atoms with van der Waals surface area (Å²) in [5, 5.41) is 3.49. The fourth-order valence-corrected chi connectivity index (χ4v) is 3.20. The minimum Gasteiger partial charge on any atom is -0.311 e. The van der Waals surface area contributed by atoms with E-state index in [2.05, 4.69) is 53.0 Å². The van der Waals surface area contributed by atoms with Crippen LogP contribution in [0, 0.1) is 6.92 Å². The summed E-state index contributed by atoms with van der Waals surface area (Å²) < 4.78 is 1.26. The largest absolute Gasteiger partial charge is 0.311 e. The smallest absolute Gasteiger partial charge is 0.0730 e. The SMILES string of the molecule is CCN(CC)CCNCc1cc(C)c(Br)s1. The molecule has 0 atom stereocenters. The number of hydrogen-bond donors (Lipinski definition) is 1. The molecule has 0 spiro atoms. The van der Waals surface area contributed by atoms with E-state index in [1.54, 1.807) is 0 Å². The zero-order valence-electron chi connectivity index (χ0n) is 10.3. The van der Waals surface area contributed by atoms with Gasteiger partial charge in [-0.1, -0.05) is 13.8 Å². The summed E-state index contributed by atoms with van der Waals surface area (Å²) in [5.41, 5.74) is 1.34. The Kier molecular flexibility index (Phi) is 6.58. The fraction of sp³-hybridized carbons (Fsp3) is 0.667. The molecule has 92 valence electrons. The van der Waals surface area contributed by atoms with Crippen LogP contribution >= 0.6 is 27.3 Å². The highest BCUT2D eigenvalue weighted by Gasteiger charge is 2.02. The van der Waals surface area contributed by atoms with Crippen LogP contribution in [0.25, 0.3) is 0 Å². The van der Waals surface area contributed by atoms with Crippen LogP contribution in [0.15, 0.2) is 9.85 Å². The predicted molar refractivity (Wildman–Crippen MR) is 76.3 cm³/mol. The highest BCUT2D eigenvalue weighted by Crippen LogP contribution is 2.26. The van der Waals surface area contributed by atoms with Crippen molar-refractivity contribution < 1.29 is 0 Å². The lowest BCUT2D eigenvalue weighted by Gasteiger charge is -2.17. The Labute approximate surface area is 111 Å². The fourth-order valence-electron chi connectivity index (χ4n) is 1.60. The Hall–Kier alpha value is 0.1000. The van der Waals surface area contributed by atoms with Crippen LogP contribution in [0.5, 0.6) is 0 Å². The number of nitrogens with zero attached hydrogens (tertiary/aromatic N) is 1. The number of hydrogen-bond acceptors (Lipinski definition) is 3. The molecule has 0 aromatic carbocycles. The van der Waals surface area contributed by atoms with Gasteiger partial charge in [0.2, 0.25) is 0 Å². The van der Waals surface area contributed by atoms with Crippen LogP contribution in [0.1, 0.15) is 24.3 Å². The minimum atomic E-state index is 0.984. The Balaban J connectivity index is 2.20. The molecule has 0 fully saturated rings. The van der Waals surface area contributed by atoms with Crippen molar-refractivity contribution in [1.29, 1.82) is 0 Å². The van der Waals surface area contributed by atoms with Crippen LogP contribution in [0.2, 0.25) is 0 Å². The molecule has 0 radical (unpaired) electrons. The van der Waals surface area contributed by atoms with E-state index in [1.165, 1.54) is 14.2 Å². The molecular weight excluding hydrogens is 284 g/mol. The maximum absolute atomic E-state index is 3.55. The maximum atomic E-state index is 3.55. The number of halogens is 1. The summed E-state index contributed by atoms with van der Waals surface area (Å²) >= 11 is 5.38. The third-order valence-corrected chi connectivity index (χ3v) is 4.84. The van der Waals surface area contributed by atoms with Crippen LogP contribution in [-0.4, -0.2) is 31.1 Å². The molecule has 0 aliphatic heterocycles. The zero-order valence-corrected chi connectivity index (χ0v) is 12.7. The van der Waals surface area contributed by atoms with E-state index < -0.39 is 0 Å². The van der Waals surface area contributed by atoms with Gasteiger partial charge in [-0.05, 0) is 47.6 Å². The van der Waals surface area contributed by atoms with Gasteiger partial charge in [0.15, 0.2) is 0 Å². The molecule has 16 heavy (non-hydrogen) atoms. The molecule has 0 aliphatic carbocycles. The first kappa shape index (κ1) is 14.2. The van der Waals surface area contributed by atoms with Crippen molar-refractivity contribution in [3.8, 4) is 0 Å². The first-order valence-corrected chi connectivity index (χ1v) is 7.46. The Morgan fingerprint density at radius 2 is 2.06 bits per heavy atom. The summed E-state index contributed by atoms with van der Waals surface area (Å²) in [7, 11) is 0. The lowest BCUT2D eigenvalue weighted by molar-refractivity contribution is 0.302. The molecule has 1 heterocycles. The molecule has 0 bridgehead atoms. The van der Waals surface area contributed by atoms with E-state index in [0.29, 0.717) is 0 Å². The molecule has 1 aromatic heterocycles. The second-order valence-corrected chi connectivity index (χ2v) is 6.33. The Bertz CT molecular complexity index is 288. The Morgan fingerprint density at radius 3 is 2.56 bits per heavy atom. The van der Waals surface area contributed by atoms with Crippen molar-refractivity contribution in [2.24, 2.45) is 0 Å². The van der Waals surface area contributed by atoms with Gasteiger partial charge >= 0.3 is 0 Å². The normalized spacial score (nSPS) is 11.3. The standard InChI is InChI=1S/C12H21BrN2S/c1-4-15(5-2)7-6-14-9-11-8-10(3)12(13)16-11/h8,14H,4-7,9H2,1-3H3. The molecule has 0 saturated heterocycles. The van der Waals surface area contributed by atoms with E-state index in [4.69, 9.17) is 0 Å². The van der Waals surface area contributed by atoms with E-state index in [9.17, 15) is 0 Å². The number of aryl methyl sites for hydroxylation is 1. The predicted octanol–water partition coefficient (Wildman–Crippen LogP) is 3.25. The first-order chi connectivity index (χ1) is 7.67. The minimum absolute atomic E-state index is 0.984. The van der Waals surface area contributed by atoms with Crippen molar-refractivity contribution in [3.05, 3.63) is 20.3 Å². The van der Waals surface area contributed by atoms with Gasteiger partial charge in [-0.3, -0.25) is 0 Å². The highest BCUT2D eigenvalue weighted by atomic mass is 79.9. The van der Waals surface area contributed by atoms with Crippen molar-refractivity contribution in [3.63, 3.8) is 0 Å². The summed E-state index contributed by atoms with van der Waals surface area (Å²) in [6.07, 6.45) is 0. The second kappa shape index (κ2) is 7.43. The third kappa shape index (κ3) is 4.53. The van der Waals surface area contributed by atoms with E-state index in [-0.39, 0.29) is 0 Å². The van der Waals surface area contributed by atoms with E-state index >= 15 is 0 Å². The van der Waals surface area contributed by atoms with Gasteiger partial charge in [0.05, 0.1) is 3.79 Å². The molecule has 2 nitrogen and oxygen atoms in total. The summed E-state index contributed by atoms with van der Waals surface area (Å²) in [6, 6.07) is 2.25. The van der Waals surface area contributed by atoms with Crippen LogP contribution in [-0.2, 0) is 6.54 Å². The lowest BCUT2D eigenvalue weighted by atomic mass is 10.3. The van der Waals surface area contributed by atoms with Crippen molar-refractivity contribution in [1.82, 2.24) is 10.2 Å². The number of rotatable bonds is 7. The average molecular weight is 305 g/mol. The van der Waals surface area contributed by atoms with Gasteiger partial charge < -0.3 is 10.2 Å². The third-order valence-electron chi connectivity index (χ3n) is 2.71. The second-order valence-electron chi connectivity index (χ2n) is 3.87. The molecular formula is C12H21BrN2S. The van der Waals surface area contributed by atoms with Crippen LogP contribution in [0.3, 0.4) is 0 Å². The van der Waals surface area contributed by atoms with Gasteiger partial charge in [-0.2, -0.15) is 0 Å². The average Bonchev–Trinajstić information content (AvgIpc) is 2.59. The van der Waals surface area contributed by atoms with Crippen LogP contribution < -0.4 is 5.32 Å². The zero-order chi connectivity index (χ0) is 12.0. The molecule has 0 aliphatic rings. The first-order valence-electron chi connectivity index (χ1n) is 5.85.